The topological polar surface area (TPSA) is 71.8 Å². The van der Waals surface area contributed by atoms with Crippen LogP contribution in [0.2, 0.25) is 0 Å². The van der Waals surface area contributed by atoms with Gasteiger partial charge in [0.15, 0.2) is 0 Å². The number of aryl methyl sites for hydroxylation is 2. The maximum atomic E-state index is 11.9. The molecule has 0 unspecified atom stereocenters. The monoisotopic (exact) mass is 245 g/mol. The number of carbonyl (C=O) groups excluding carboxylic acids is 1. The van der Waals surface area contributed by atoms with Crippen molar-refractivity contribution < 1.29 is 4.79 Å². The highest BCUT2D eigenvalue weighted by molar-refractivity contribution is 6.02. The number of carbonyl (C=O) groups is 1. The van der Waals surface area contributed by atoms with Crippen LogP contribution in [-0.4, -0.2) is 27.7 Å². The van der Waals surface area contributed by atoms with Gasteiger partial charge in [-0.1, -0.05) is 0 Å². The molecule has 0 aliphatic heterocycles. The summed E-state index contributed by atoms with van der Waals surface area (Å²) in [5.74, 6) is 0.401. The van der Waals surface area contributed by atoms with Crippen molar-refractivity contribution in [3.63, 3.8) is 0 Å². The van der Waals surface area contributed by atoms with Crippen molar-refractivity contribution in [1.82, 2.24) is 14.8 Å². The molecule has 1 amide bonds. The number of pyridine rings is 1. The third-order valence-corrected chi connectivity index (χ3v) is 2.53. The second-order valence-corrected chi connectivity index (χ2v) is 3.93. The van der Waals surface area contributed by atoms with Gasteiger partial charge in [-0.05, 0) is 19.1 Å². The average molecular weight is 245 g/mol. The fourth-order valence-electron chi connectivity index (χ4n) is 1.58. The summed E-state index contributed by atoms with van der Waals surface area (Å²) in [5.41, 5.74) is 2.09. The number of rotatable bonds is 3. The van der Waals surface area contributed by atoms with Crippen molar-refractivity contribution in [2.75, 3.05) is 17.7 Å². The molecule has 0 fully saturated rings. The molecule has 0 atom stereocenters. The molecular formula is C12H15N5O. The Morgan fingerprint density at radius 3 is 2.67 bits per heavy atom. The van der Waals surface area contributed by atoms with E-state index in [-0.39, 0.29) is 5.91 Å². The van der Waals surface area contributed by atoms with Crippen LogP contribution in [0, 0.1) is 6.92 Å². The number of nitrogens with zero attached hydrogens (tertiary/aromatic N) is 3. The second kappa shape index (κ2) is 4.87. The molecule has 6 nitrogen and oxygen atoms in total. The predicted molar refractivity (Wildman–Crippen MR) is 69.7 cm³/mol. The highest BCUT2D eigenvalue weighted by Gasteiger charge is 2.10. The summed E-state index contributed by atoms with van der Waals surface area (Å²) in [6.07, 6.45) is 1.61. The molecule has 2 N–H and O–H groups in total. The van der Waals surface area contributed by atoms with Crippen LogP contribution in [0.4, 0.5) is 11.5 Å². The molecule has 0 aliphatic rings. The van der Waals surface area contributed by atoms with Gasteiger partial charge in [-0.25, -0.2) is 4.98 Å². The highest BCUT2D eigenvalue weighted by Crippen LogP contribution is 2.10. The third-order valence-electron chi connectivity index (χ3n) is 2.53. The molecule has 18 heavy (non-hydrogen) atoms. The average Bonchev–Trinajstić information content (AvgIpc) is 2.68. The van der Waals surface area contributed by atoms with Gasteiger partial charge in [0.2, 0.25) is 0 Å². The van der Waals surface area contributed by atoms with Crippen LogP contribution in [-0.2, 0) is 7.05 Å². The number of hydrogen-bond donors (Lipinski definition) is 2. The Morgan fingerprint density at radius 2 is 2.17 bits per heavy atom. The summed E-state index contributed by atoms with van der Waals surface area (Å²) in [5, 5.41) is 9.87. The molecular weight excluding hydrogens is 230 g/mol. The van der Waals surface area contributed by atoms with Crippen molar-refractivity contribution in [2.45, 2.75) is 6.92 Å². The molecule has 94 valence electrons. The summed E-state index contributed by atoms with van der Waals surface area (Å²) in [7, 11) is 3.58. The lowest BCUT2D eigenvalue weighted by atomic mass is 10.3. The van der Waals surface area contributed by atoms with Crippen molar-refractivity contribution in [3.05, 3.63) is 35.8 Å². The van der Waals surface area contributed by atoms with E-state index in [1.807, 2.05) is 6.92 Å². The molecule has 0 bridgehead atoms. The standard InChI is InChI=1S/C12H15N5O/c1-8-6-11(17(3)16-8)15-12(18)10-5-4-9(13-2)7-14-10/h4-7,13H,1-3H3,(H,15,18). The third kappa shape index (κ3) is 2.48. The van der Waals surface area contributed by atoms with E-state index in [4.69, 9.17) is 0 Å². The molecule has 2 rings (SSSR count). The molecule has 6 heteroatoms. The number of hydrogen-bond acceptors (Lipinski definition) is 4. The summed E-state index contributed by atoms with van der Waals surface area (Å²) in [4.78, 5) is 16.0. The van der Waals surface area contributed by atoms with Crippen LogP contribution < -0.4 is 10.6 Å². The zero-order valence-electron chi connectivity index (χ0n) is 10.6. The molecule has 0 radical (unpaired) electrons. The minimum absolute atomic E-state index is 0.249. The minimum atomic E-state index is -0.249. The van der Waals surface area contributed by atoms with Gasteiger partial charge < -0.3 is 10.6 Å². The van der Waals surface area contributed by atoms with E-state index >= 15 is 0 Å². The first kappa shape index (κ1) is 12.1. The quantitative estimate of drug-likeness (QED) is 0.857. The molecule has 2 aromatic rings. The van der Waals surface area contributed by atoms with Crippen LogP contribution in [0.1, 0.15) is 16.2 Å². The van der Waals surface area contributed by atoms with Gasteiger partial charge in [0.25, 0.3) is 5.91 Å². The first-order chi connectivity index (χ1) is 8.60. The Bertz CT molecular complexity index is 558. The van der Waals surface area contributed by atoms with Gasteiger partial charge in [-0.2, -0.15) is 5.10 Å². The molecule has 0 saturated carbocycles. The summed E-state index contributed by atoms with van der Waals surface area (Å²) in [6.45, 7) is 1.87. The zero-order chi connectivity index (χ0) is 13.1. The summed E-state index contributed by atoms with van der Waals surface area (Å²) in [6, 6.07) is 5.28. The maximum absolute atomic E-state index is 11.9. The van der Waals surface area contributed by atoms with Crippen molar-refractivity contribution in [2.24, 2.45) is 7.05 Å². The van der Waals surface area contributed by atoms with Gasteiger partial charge in [-0.3, -0.25) is 9.48 Å². The first-order valence-electron chi connectivity index (χ1n) is 5.56. The van der Waals surface area contributed by atoms with E-state index in [9.17, 15) is 4.79 Å². The van der Waals surface area contributed by atoms with Crippen LogP contribution >= 0.6 is 0 Å². The molecule has 0 aromatic carbocycles. The predicted octanol–water partition coefficient (Wildman–Crippen LogP) is 1.42. The van der Waals surface area contributed by atoms with Crippen LogP contribution in [0.15, 0.2) is 24.4 Å². The Kier molecular flexibility index (Phi) is 3.27. The fraction of sp³-hybridized carbons (Fsp3) is 0.250. The lowest BCUT2D eigenvalue weighted by Crippen LogP contribution is -2.15. The lowest BCUT2D eigenvalue weighted by Gasteiger charge is -2.05. The van der Waals surface area contributed by atoms with Crippen molar-refractivity contribution in [3.8, 4) is 0 Å². The summed E-state index contributed by atoms with van der Waals surface area (Å²) < 4.78 is 1.62. The summed E-state index contributed by atoms with van der Waals surface area (Å²) >= 11 is 0. The molecule has 2 heterocycles. The van der Waals surface area contributed by atoms with Gasteiger partial charge in [0, 0.05) is 20.2 Å². The number of amides is 1. The van der Waals surface area contributed by atoms with Crippen LogP contribution in [0.3, 0.4) is 0 Å². The number of aromatic nitrogens is 3. The maximum Gasteiger partial charge on any atom is 0.275 e. The van der Waals surface area contributed by atoms with Gasteiger partial charge >= 0.3 is 0 Å². The lowest BCUT2D eigenvalue weighted by molar-refractivity contribution is 0.102. The molecule has 2 aromatic heterocycles. The van der Waals surface area contributed by atoms with E-state index in [1.165, 1.54) is 0 Å². The molecule has 0 saturated heterocycles. The second-order valence-electron chi connectivity index (χ2n) is 3.93. The van der Waals surface area contributed by atoms with Gasteiger partial charge in [-0.15, -0.1) is 0 Å². The SMILES string of the molecule is CNc1ccc(C(=O)Nc2cc(C)nn2C)nc1. The zero-order valence-corrected chi connectivity index (χ0v) is 10.6. The van der Waals surface area contributed by atoms with Gasteiger partial charge in [0.1, 0.15) is 11.5 Å². The van der Waals surface area contributed by atoms with E-state index in [0.717, 1.165) is 11.4 Å². The number of anilines is 2. The van der Waals surface area contributed by atoms with Crippen LogP contribution in [0.5, 0.6) is 0 Å². The molecule has 0 aliphatic carbocycles. The Balaban J connectivity index is 2.14. The number of nitrogens with one attached hydrogen (secondary N) is 2. The largest absolute Gasteiger partial charge is 0.387 e. The van der Waals surface area contributed by atoms with E-state index in [2.05, 4.69) is 20.7 Å². The Hall–Kier alpha value is -2.37. The van der Waals surface area contributed by atoms with E-state index < -0.39 is 0 Å². The first-order valence-corrected chi connectivity index (χ1v) is 5.56. The minimum Gasteiger partial charge on any atom is -0.387 e. The smallest absolute Gasteiger partial charge is 0.275 e. The fourth-order valence-corrected chi connectivity index (χ4v) is 1.58. The highest BCUT2D eigenvalue weighted by atomic mass is 16.2. The normalized spacial score (nSPS) is 10.2. The van der Waals surface area contributed by atoms with Crippen molar-refractivity contribution in [1.29, 1.82) is 0 Å². The molecule has 0 spiro atoms. The van der Waals surface area contributed by atoms with E-state index in [0.29, 0.717) is 11.5 Å². The van der Waals surface area contributed by atoms with Crippen molar-refractivity contribution >= 4 is 17.4 Å². The van der Waals surface area contributed by atoms with E-state index in [1.54, 1.807) is 43.2 Å². The van der Waals surface area contributed by atoms with Crippen LogP contribution in [0.25, 0.3) is 0 Å². The van der Waals surface area contributed by atoms with Gasteiger partial charge in [0.05, 0.1) is 17.6 Å². The Morgan fingerprint density at radius 1 is 1.39 bits per heavy atom. The Labute approximate surface area is 105 Å².